The van der Waals surface area contributed by atoms with Crippen molar-refractivity contribution in [2.75, 3.05) is 0 Å². The minimum Gasteiger partial charge on any atom is -0.489 e. The molecule has 0 amide bonds. The lowest BCUT2D eigenvalue weighted by molar-refractivity contribution is -0.131. The summed E-state index contributed by atoms with van der Waals surface area (Å²) in [5.74, 6) is -0.666. The van der Waals surface area contributed by atoms with Gasteiger partial charge in [0.25, 0.3) is 0 Å². The molecule has 0 saturated carbocycles. The lowest BCUT2D eigenvalue weighted by Gasteiger charge is -2.25. The van der Waals surface area contributed by atoms with E-state index in [4.69, 9.17) is 43.1 Å². The molecule has 1 N–H and O–H groups in total. The van der Waals surface area contributed by atoms with Gasteiger partial charge in [-0.1, -0.05) is 42.5 Å². The van der Waals surface area contributed by atoms with Gasteiger partial charge in [-0.15, -0.1) is 33.2 Å². The second kappa shape index (κ2) is 9.60. The molecule has 144 valence electrons. The molecule has 2 atom stereocenters. The quantitative estimate of drug-likeness (QED) is 0.300. The molecule has 27 heavy (non-hydrogen) atoms. The molecule has 0 aliphatic rings. The first kappa shape index (κ1) is 21.8. The maximum atomic E-state index is 13.6. The van der Waals surface area contributed by atoms with Crippen LogP contribution < -0.4 is 4.74 Å². The molecular weight excluding hydrogens is 430 g/mol. The smallest absolute Gasteiger partial charge is 0.381 e. The van der Waals surface area contributed by atoms with Crippen molar-refractivity contribution in [1.29, 1.82) is 0 Å². The van der Waals surface area contributed by atoms with Crippen LogP contribution in [0.2, 0.25) is 0 Å². The Bertz CT molecular complexity index is 808. The highest BCUT2D eigenvalue weighted by Crippen LogP contribution is 2.36. The van der Waals surface area contributed by atoms with Gasteiger partial charge in [0.05, 0.1) is 0 Å². The molecule has 3 nitrogen and oxygen atoms in total. The highest BCUT2D eigenvalue weighted by molar-refractivity contribution is 7.65. The predicted molar refractivity (Wildman–Crippen MR) is 111 cm³/mol. The summed E-state index contributed by atoms with van der Waals surface area (Å²) in [6, 6.07) is 11.3. The largest absolute Gasteiger partial charge is 0.489 e. The van der Waals surface area contributed by atoms with Crippen LogP contribution in [0.3, 0.4) is 0 Å². The number of hydrogen-bond donors (Lipinski definition) is 1. The zero-order valence-electron chi connectivity index (χ0n) is 14.4. The maximum Gasteiger partial charge on any atom is 0.381 e. The van der Waals surface area contributed by atoms with Gasteiger partial charge in [0.15, 0.2) is 0 Å². The van der Waals surface area contributed by atoms with Gasteiger partial charge in [-0.2, -0.15) is 0 Å². The molecular formula is C19H18Cl3FO3Si. The number of alkyl halides is 1. The summed E-state index contributed by atoms with van der Waals surface area (Å²) in [7, 11) is 0. The zero-order chi connectivity index (χ0) is 20.0. The van der Waals surface area contributed by atoms with Gasteiger partial charge in [-0.25, -0.2) is 9.18 Å². The Labute approximate surface area is 172 Å². The zero-order valence-corrected chi connectivity index (χ0v) is 17.7. The monoisotopic (exact) mass is 446 g/mol. The highest BCUT2D eigenvalue weighted by Gasteiger charge is 2.40. The van der Waals surface area contributed by atoms with Gasteiger partial charge >= 0.3 is 12.0 Å². The third-order valence-electron chi connectivity index (χ3n) is 3.68. The van der Waals surface area contributed by atoms with Crippen LogP contribution in [0.25, 0.3) is 17.2 Å². The van der Waals surface area contributed by atoms with Crippen LogP contribution >= 0.6 is 33.2 Å². The van der Waals surface area contributed by atoms with Gasteiger partial charge in [-0.3, -0.25) is 0 Å². The number of carbonyl (C=O) groups is 1. The van der Waals surface area contributed by atoms with Crippen molar-refractivity contribution in [2.45, 2.75) is 25.2 Å². The summed E-state index contributed by atoms with van der Waals surface area (Å²) in [5, 5.41) is 8.82. The van der Waals surface area contributed by atoms with Crippen LogP contribution in [0.1, 0.15) is 18.9 Å². The average Bonchev–Trinajstić information content (AvgIpc) is 2.59. The van der Waals surface area contributed by atoms with E-state index < -0.39 is 23.9 Å². The Balaban J connectivity index is 2.48. The van der Waals surface area contributed by atoms with E-state index >= 15 is 0 Å². The molecule has 0 saturated heterocycles. The fourth-order valence-electron chi connectivity index (χ4n) is 2.46. The van der Waals surface area contributed by atoms with E-state index in [9.17, 15) is 9.18 Å². The van der Waals surface area contributed by atoms with Crippen LogP contribution in [0.15, 0.2) is 54.6 Å². The molecule has 2 aromatic carbocycles. The number of ether oxygens (including phenoxy) is 1. The Kier molecular flexibility index (Phi) is 7.74. The molecule has 2 rings (SSSR count). The molecule has 0 radical (unpaired) electrons. The molecule has 0 bridgehead atoms. The van der Waals surface area contributed by atoms with Crippen molar-refractivity contribution in [3.05, 3.63) is 60.2 Å². The van der Waals surface area contributed by atoms with E-state index in [1.54, 1.807) is 18.2 Å². The standard InChI is InChI=1S/C19H18Cl3FO3Si/c1-13(23)11-19(27(20,21)22)26-17-12-14(8-10-18(24)25)7-9-16(17)15-5-3-2-4-6-15/h2-10,12-13,19H,11H2,1H3,(H,24,25)/b10-8+. The lowest BCUT2D eigenvalue weighted by Crippen LogP contribution is -2.38. The number of benzene rings is 2. The average molecular weight is 448 g/mol. The van der Waals surface area contributed by atoms with E-state index in [1.165, 1.54) is 13.0 Å². The Morgan fingerprint density at radius 2 is 1.89 bits per heavy atom. The van der Waals surface area contributed by atoms with Gasteiger partial charge in [0, 0.05) is 18.1 Å². The third-order valence-corrected chi connectivity index (χ3v) is 6.96. The van der Waals surface area contributed by atoms with Crippen LogP contribution in [0, 0.1) is 0 Å². The fraction of sp³-hybridized carbons (Fsp3) is 0.211. The fourth-order valence-corrected chi connectivity index (χ4v) is 4.52. The lowest BCUT2D eigenvalue weighted by atomic mass is 10.0. The van der Waals surface area contributed by atoms with Gasteiger partial charge < -0.3 is 9.84 Å². The molecule has 0 spiro atoms. The van der Waals surface area contributed by atoms with E-state index in [0.29, 0.717) is 11.3 Å². The molecule has 2 unspecified atom stereocenters. The van der Waals surface area contributed by atoms with Crippen molar-refractivity contribution >= 4 is 51.3 Å². The molecule has 2 aromatic rings. The summed E-state index contributed by atoms with van der Waals surface area (Å²) < 4.78 is 19.6. The molecule has 8 heteroatoms. The number of hydrogen-bond acceptors (Lipinski definition) is 2. The maximum absolute atomic E-state index is 13.6. The number of carboxylic acids is 1. The molecule has 0 aliphatic carbocycles. The number of carboxylic acid groups (broad SMARTS) is 1. The van der Waals surface area contributed by atoms with E-state index in [-0.39, 0.29) is 6.42 Å². The Morgan fingerprint density at radius 3 is 2.44 bits per heavy atom. The summed E-state index contributed by atoms with van der Waals surface area (Å²) in [5.41, 5.74) is 1.33. The van der Waals surface area contributed by atoms with E-state index in [0.717, 1.165) is 17.2 Å². The van der Waals surface area contributed by atoms with Crippen molar-refractivity contribution < 1.29 is 19.0 Å². The van der Waals surface area contributed by atoms with Crippen LogP contribution in [-0.2, 0) is 4.79 Å². The van der Waals surface area contributed by atoms with Crippen LogP contribution in [0.5, 0.6) is 5.75 Å². The molecule has 0 fully saturated rings. The van der Waals surface area contributed by atoms with E-state index in [1.807, 2.05) is 30.3 Å². The number of rotatable bonds is 8. The van der Waals surface area contributed by atoms with E-state index in [2.05, 4.69) is 0 Å². The van der Waals surface area contributed by atoms with Crippen LogP contribution in [-0.4, -0.2) is 29.0 Å². The summed E-state index contributed by atoms with van der Waals surface area (Å²) in [6.07, 6.45) is 1.20. The van der Waals surface area contributed by atoms with Crippen LogP contribution in [0.4, 0.5) is 4.39 Å². The minimum absolute atomic E-state index is 0.0495. The second-order valence-electron chi connectivity index (χ2n) is 5.96. The molecule has 0 aromatic heterocycles. The van der Waals surface area contributed by atoms with Crippen molar-refractivity contribution in [2.24, 2.45) is 0 Å². The molecule has 0 aliphatic heterocycles. The van der Waals surface area contributed by atoms with Gasteiger partial charge in [0.2, 0.25) is 0 Å². The topological polar surface area (TPSA) is 46.5 Å². The van der Waals surface area contributed by atoms with Crippen molar-refractivity contribution in [1.82, 2.24) is 0 Å². The summed E-state index contributed by atoms with van der Waals surface area (Å²) in [4.78, 5) is 10.8. The summed E-state index contributed by atoms with van der Waals surface area (Å²) >= 11 is 18.4. The third kappa shape index (κ3) is 6.85. The second-order valence-corrected chi connectivity index (χ2v) is 14.8. The number of halogens is 4. The summed E-state index contributed by atoms with van der Waals surface area (Å²) in [6.45, 7) is 1.38. The van der Waals surface area contributed by atoms with Crippen molar-refractivity contribution in [3.8, 4) is 16.9 Å². The highest BCUT2D eigenvalue weighted by atomic mass is 35.8. The molecule has 0 heterocycles. The Morgan fingerprint density at radius 1 is 1.22 bits per heavy atom. The number of aliphatic carboxylic acids is 1. The normalized spacial score (nSPS) is 14.1. The SMILES string of the molecule is CC(F)CC(Oc1cc(/C=C/C(=O)O)ccc1-c1ccccc1)[Si](Cl)(Cl)Cl. The first-order chi connectivity index (χ1) is 12.7. The van der Waals surface area contributed by atoms with Gasteiger partial charge in [-0.05, 0) is 30.2 Å². The van der Waals surface area contributed by atoms with Gasteiger partial charge in [0.1, 0.15) is 17.6 Å². The van der Waals surface area contributed by atoms with Crippen molar-refractivity contribution in [3.63, 3.8) is 0 Å². The minimum atomic E-state index is -3.37. The first-order valence-electron chi connectivity index (χ1n) is 8.14. The predicted octanol–water partition coefficient (Wildman–Crippen LogP) is 6.14. The first-order valence-corrected chi connectivity index (χ1v) is 13.3. The Hall–Kier alpha value is -1.53.